The van der Waals surface area contributed by atoms with Gasteiger partial charge in [-0.25, -0.2) is 9.78 Å². The van der Waals surface area contributed by atoms with Crippen molar-refractivity contribution in [1.29, 1.82) is 0 Å². The van der Waals surface area contributed by atoms with E-state index in [2.05, 4.69) is 9.88 Å². The summed E-state index contributed by atoms with van der Waals surface area (Å²) in [6.45, 7) is 4.31. The quantitative estimate of drug-likeness (QED) is 0.919. The van der Waals surface area contributed by atoms with Crippen molar-refractivity contribution in [2.75, 3.05) is 24.6 Å². The summed E-state index contributed by atoms with van der Waals surface area (Å²) in [4.78, 5) is 17.8. The number of hydrogen-bond acceptors (Lipinski definition) is 4. The van der Waals surface area contributed by atoms with Gasteiger partial charge in [-0.2, -0.15) is 0 Å². The maximum Gasteiger partial charge on any atom is 0.354 e. The van der Waals surface area contributed by atoms with Crippen LogP contribution in [-0.2, 0) is 4.74 Å². The molecule has 1 saturated heterocycles. The van der Waals surface area contributed by atoms with Crippen LogP contribution in [0.1, 0.15) is 23.8 Å². The molecule has 5 nitrogen and oxygen atoms in total. The largest absolute Gasteiger partial charge is 0.477 e. The molecule has 21 heavy (non-hydrogen) atoms. The van der Waals surface area contributed by atoms with E-state index in [1.807, 2.05) is 31.2 Å². The van der Waals surface area contributed by atoms with E-state index in [-0.39, 0.29) is 11.8 Å². The van der Waals surface area contributed by atoms with Crippen molar-refractivity contribution in [3.05, 3.63) is 36.0 Å². The zero-order chi connectivity index (χ0) is 14.8. The minimum absolute atomic E-state index is 0.0847. The van der Waals surface area contributed by atoms with E-state index in [1.54, 1.807) is 6.07 Å². The zero-order valence-corrected chi connectivity index (χ0v) is 12.0. The summed E-state index contributed by atoms with van der Waals surface area (Å²) in [6.07, 6.45) is 1.03. The van der Waals surface area contributed by atoms with Crippen molar-refractivity contribution in [3.8, 4) is 0 Å². The van der Waals surface area contributed by atoms with Gasteiger partial charge in [-0.15, -0.1) is 0 Å². The summed E-state index contributed by atoms with van der Waals surface area (Å²) < 4.78 is 5.66. The van der Waals surface area contributed by atoms with Gasteiger partial charge in [-0.3, -0.25) is 0 Å². The molecule has 110 valence electrons. The number of aromatic carboxylic acids is 1. The Morgan fingerprint density at radius 3 is 3.05 bits per heavy atom. The van der Waals surface area contributed by atoms with Gasteiger partial charge in [-0.1, -0.05) is 24.3 Å². The molecule has 1 atom stereocenters. The monoisotopic (exact) mass is 286 g/mol. The number of benzene rings is 1. The molecule has 1 aromatic heterocycles. The van der Waals surface area contributed by atoms with Crippen LogP contribution < -0.4 is 4.90 Å². The first-order chi connectivity index (χ1) is 10.1. The summed E-state index contributed by atoms with van der Waals surface area (Å²) in [5.41, 5.74) is 0.0847. The van der Waals surface area contributed by atoms with Gasteiger partial charge in [0.2, 0.25) is 0 Å². The summed E-state index contributed by atoms with van der Waals surface area (Å²) in [5, 5.41) is 11.2. The number of carbonyl (C=O) groups is 1. The van der Waals surface area contributed by atoms with Crippen LogP contribution in [0.4, 0.5) is 5.82 Å². The van der Waals surface area contributed by atoms with E-state index < -0.39 is 5.97 Å². The van der Waals surface area contributed by atoms with Crippen LogP contribution in [0.3, 0.4) is 0 Å². The Kier molecular flexibility index (Phi) is 3.75. The highest BCUT2D eigenvalue weighted by atomic mass is 16.5. The fourth-order valence-electron chi connectivity index (χ4n) is 2.72. The van der Waals surface area contributed by atoms with Crippen molar-refractivity contribution in [1.82, 2.24) is 4.98 Å². The Morgan fingerprint density at radius 1 is 1.43 bits per heavy atom. The Hall–Kier alpha value is -2.14. The number of nitrogens with zero attached hydrogens (tertiary/aromatic N) is 2. The van der Waals surface area contributed by atoms with E-state index in [0.717, 1.165) is 42.7 Å². The van der Waals surface area contributed by atoms with E-state index >= 15 is 0 Å². The molecular weight excluding hydrogens is 268 g/mol. The summed E-state index contributed by atoms with van der Waals surface area (Å²) in [6, 6.07) is 9.39. The molecule has 0 aliphatic carbocycles. The number of hydrogen-bond donors (Lipinski definition) is 1. The molecule has 1 fully saturated rings. The van der Waals surface area contributed by atoms with Gasteiger partial charge in [0.15, 0.2) is 5.69 Å². The van der Waals surface area contributed by atoms with Gasteiger partial charge >= 0.3 is 5.97 Å². The fraction of sp³-hybridized carbons (Fsp3) is 0.375. The molecule has 1 N–H and O–H groups in total. The molecule has 5 heteroatoms. The lowest BCUT2D eigenvalue weighted by Crippen LogP contribution is -2.31. The van der Waals surface area contributed by atoms with E-state index in [4.69, 9.17) is 4.74 Å². The van der Waals surface area contributed by atoms with Crippen LogP contribution in [0.25, 0.3) is 10.8 Å². The fourth-order valence-corrected chi connectivity index (χ4v) is 2.72. The second-order valence-electron chi connectivity index (χ2n) is 5.34. The Balaban J connectivity index is 2.12. The van der Waals surface area contributed by atoms with Gasteiger partial charge in [0.25, 0.3) is 0 Å². The maximum absolute atomic E-state index is 11.3. The van der Waals surface area contributed by atoms with Gasteiger partial charge in [-0.05, 0) is 24.8 Å². The summed E-state index contributed by atoms with van der Waals surface area (Å²) in [7, 11) is 0. The molecule has 0 bridgehead atoms. The normalized spacial score (nSPS) is 19.5. The smallest absolute Gasteiger partial charge is 0.354 e. The number of anilines is 1. The predicted molar refractivity (Wildman–Crippen MR) is 80.9 cm³/mol. The molecule has 1 aromatic carbocycles. The third kappa shape index (κ3) is 2.83. The molecule has 0 amide bonds. The summed E-state index contributed by atoms with van der Waals surface area (Å²) in [5.74, 6) is -0.260. The van der Waals surface area contributed by atoms with Crippen LogP contribution in [0.2, 0.25) is 0 Å². The highest BCUT2D eigenvalue weighted by Gasteiger charge is 2.20. The van der Waals surface area contributed by atoms with E-state index in [0.29, 0.717) is 0 Å². The molecule has 1 aliphatic heterocycles. The van der Waals surface area contributed by atoms with Gasteiger partial charge in [0, 0.05) is 25.1 Å². The Bertz CT molecular complexity index is 672. The van der Waals surface area contributed by atoms with Gasteiger partial charge in [0.05, 0.1) is 6.10 Å². The van der Waals surface area contributed by atoms with Crippen LogP contribution >= 0.6 is 0 Å². The first-order valence-electron chi connectivity index (χ1n) is 7.15. The lowest BCUT2D eigenvalue weighted by atomic mass is 10.1. The average molecular weight is 286 g/mol. The first kappa shape index (κ1) is 13.8. The van der Waals surface area contributed by atoms with Gasteiger partial charge in [0.1, 0.15) is 5.82 Å². The molecule has 0 saturated carbocycles. The van der Waals surface area contributed by atoms with Crippen molar-refractivity contribution in [3.63, 3.8) is 0 Å². The molecular formula is C16H18N2O3. The zero-order valence-electron chi connectivity index (χ0n) is 12.0. The number of carboxylic acid groups (broad SMARTS) is 1. The van der Waals surface area contributed by atoms with Crippen LogP contribution in [0, 0.1) is 0 Å². The second kappa shape index (κ2) is 5.69. The molecule has 0 radical (unpaired) electrons. The molecule has 1 aliphatic rings. The lowest BCUT2D eigenvalue weighted by molar-refractivity contribution is 0.0691. The standard InChI is InChI=1S/C16H18N2O3/c1-11-10-18(7-4-8-21-11)15-13-6-3-2-5-12(13)9-14(17-15)16(19)20/h2-3,5-6,9,11H,4,7-8,10H2,1H3,(H,19,20). The highest BCUT2D eigenvalue weighted by molar-refractivity contribution is 5.98. The van der Waals surface area contributed by atoms with Gasteiger partial charge < -0.3 is 14.7 Å². The first-order valence-corrected chi connectivity index (χ1v) is 7.15. The molecule has 0 spiro atoms. The third-order valence-electron chi connectivity index (χ3n) is 3.69. The molecule has 3 rings (SSSR count). The van der Waals surface area contributed by atoms with E-state index in [9.17, 15) is 9.90 Å². The topological polar surface area (TPSA) is 62.7 Å². The molecule has 2 heterocycles. The molecule has 2 aromatic rings. The summed E-state index contributed by atoms with van der Waals surface area (Å²) >= 11 is 0. The third-order valence-corrected chi connectivity index (χ3v) is 3.69. The highest BCUT2D eigenvalue weighted by Crippen LogP contribution is 2.27. The Labute approximate surface area is 123 Å². The minimum Gasteiger partial charge on any atom is -0.477 e. The van der Waals surface area contributed by atoms with Crippen LogP contribution in [0.5, 0.6) is 0 Å². The number of carboxylic acids is 1. The minimum atomic E-state index is -0.999. The predicted octanol–water partition coefficient (Wildman–Crippen LogP) is 2.55. The van der Waals surface area contributed by atoms with Crippen molar-refractivity contribution in [2.24, 2.45) is 0 Å². The second-order valence-corrected chi connectivity index (χ2v) is 5.34. The lowest BCUT2D eigenvalue weighted by Gasteiger charge is -2.25. The Morgan fingerprint density at radius 2 is 2.24 bits per heavy atom. The molecule has 1 unspecified atom stereocenters. The van der Waals surface area contributed by atoms with Crippen molar-refractivity contribution >= 4 is 22.6 Å². The van der Waals surface area contributed by atoms with Crippen molar-refractivity contribution < 1.29 is 14.6 Å². The van der Waals surface area contributed by atoms with E-state index in [1.165, 1.54) is 0 Å². The number of ether oxygens (including phenoxy) is 1. The number of fused-ring (bicyclic) bond motifs is 1. The van der Waals surface area contributed by atoms with Crippen molar-refractivity contribution in [2.45, 2.75) is 19.4 Å². The van der Waals surface area contributed by atoms with Crippen LogP contribution in [-0.4, -0.2) is 41.9 Å². The maximum atomic E-state index is 11.3. The SMILES string of the molecule is CC1CN(c2nc(C(=O)O)cc3ccccc23)CCCO1. The number of pyridine rings is 1. The number of aromatic nitrogens is 1. The average Bonchev–Trinajstić information content (AvgIpc) is 2.70. The van der Waals surface area contributed by atoms with Crippen LogP contribution in [0.15, 0.2) is 30.3 Å². The number of rotatable bonds is 2.